The first-order valence-corrected chi connectivity index (χ1v) is 8.78. The lowest BCUT2D eigenvalue weighted by atomic mass is 10.1. The summed E-state index contributed by atoms with van der Waals surface area (Å²) >= 11 is 0. The molecular formula is C20H25N3O3. The van der Waals surface area contributed by atoms with Crippen molar-refractivity contribution < 1.29 is 9.84 Å². The molecule has 1 aromatic carbocycles. The molecule has 1 unspecified atom stereocenters. The van der Waals surface area contributed by atoms with E-state index in [9.17, 15) is 9.90 Å². The van der Waals surface area contributed by atoms with E-state index in [4.69, 9.17) is 9.72 Å². The minimum Gasteiger partial charge on any atom is -0.392 e. The van der Waals surface area contributed by atoms with Crippen molar-refractivity contribution in [1.82, 2.24) is 14.1 Å². The molecule has 2 heterocycles. The van der Waals surface area contributed by atoms with Crippen LogP contribution in [-0.4, -0.2) is 32.9 Å². The molecule has 0 bridgehead atoms. The van der Waals surface area contributed by atoms with Crippen LogP contribution in [0.1, 0.15) is 30.5 Å². The highest BCUT2D eigenvalue weighted by atomic mass is 16.5. The van der Waals surface area contributed by atoms with Crippen LogP contribution in [0.25, 0.3) is 22.4 Å². The monoisotopic (exact) mass is 355 g/mol. The van der Waals surface area contributed by atoms with Gasteiger partial charge in [-0.05, 0) is 37.1 Å². The van der Waals surface area contributed by atoms with Crippen molar-refractivity contribution in [2.45, 2.75) is 32.9 Å². The van der Waals surface area contributed by atoms with Gasteiger partial charge in [-0.3, -0.25) is 4.79 Å². The van der Waals surface area contributed by atoms with Crippen LogP contribution >= 0.6 is 0 Å². The fourth-order valence-electron chi connectivity index (χ4n) is 3.38. The van der Waals surface area contributed by atoms with Crippen molar-refractivity contribution in [2.75, 3.05) is 13.7 Å². The summed E-state index contributed by atoms with van der Waals surface area (Å²) in [7, 11) is 3.45. The number of hydrogen-bond acceptors (Lipinski definition) is 4. The summed E-state index contributed by atoms with van der Waals surface area (Å²) in [5.41, 5.74) is 4.20. The minimum atomic E-state index is -0.0215. The Labute approximate surface area is 152 Å². The predicted molar refractivity (Wildman–Crippen MR) is 102 cm³/mol. The molecule has 0 amide bonds. The number of methoxy groups -OCH3 is 1. The Bertz CT molecular complexity index is 962. The first-order chi connectivity index (χ1) is 12.5. The van der Waals surface area contributed by atoms with Gasteiger partial charge in [-0.2, -0.15) is 0 Å². The van der Waals surface area contributed by atoms with Gasteiger partial charge in [-0.1, -0.05) is 13.0 Å². The van der Waals surface area contributed by atoms with Crippen molar-refractivity contribution in [3.63, 3.8) is 0 Å². The number of aliphatic hydroxyl groups excluding tert-OH is 1. The molecule has 3 rings (SSSR count). The van der Waals surface area contributed by atoms with Gasteiger partial charge in [-0.25, -0.2) is 4.98 Å². The average Bonchev–Trinajstić information content (AvgIpc) is 3.02. The molecule has 6 nitrogen and oxygen atoms in total. The van der Waals surface area contributed by atoms with Crippen molar-refractivity contribution in [3.05, 3.63) is 51.9 Å². The molecule has 0 radical (unpaired) electrons. The van der Waals surface area contributed by atoms with Crippen LogP contribution in [0.15, 0.2) is 35.3 Å². The third-order valence-corrected chi connectivity index (χ3v) is 4.75. The van der Waals surface area contributed by atoms with Gasteiger partial charge in [0.2, 0.25) is 0 Å². The van der Waals surface area contributed by atoms with Gasteiger partial charge in [-0.15, -0.1) is 0 Å². The summed E-state index contributed by atoms with van der Waals surface area (Å²) in [5, 5.41) is 9.44. The number of nitrogens with zero attached hydrogens (tertiary/aromatic N) is 3. The summed E-state index contributed by atoms with van der Waals surface area (Å²) in [4.78, 5) is 16.9. The highest BCUT2D eigenvalue weighted by Crippen LogP contribution is 2.30. The zero-order chi connectivity index (χ0) is 18.8. The molecule has 0 fully saturated rings. The number of aromatic nitrogens is 3. The normalized spacial score (nSPS) is 12.7. The maximum Gasteiger partial charge on any atom is 0.253 e. The fraction of sp³-hybridized carbons (Fsp3) is 0.400. The Kier molecular flexibility index (Phi) is 5.25. The van der Waals surface area contributed by atoms with Gasteiger partial charge in [0.05, 0.1) is 30.3 Å². The van der Waals surface area contributed by atoms with Crippen LogP contribution in [0.2, 0.25) is 0 Å². The number of rotatable bonds is 6. The van der Waals surface area contributed by atoms with Gasteiger partial charge in [0.15, 0.2) is 0 Å². The molecule has 1 atom stereocenters. The zero-order valence-corrected chi connectivity index (χ0v) is 15.7. The van der Waals surface area contributed by atoms with E-state index in [2.05, 4.69) is 11.5 Å². The summed E-state index contributed by atoms with van der Waals surface area (Å²) in [6, 6.07) is 7.81. The maximum absolute atomic E-state index is 12.1. The number of pyridine rings is 1. The van der Waals surface area contributed by atoms with E-state index in [1.807, 2.05) is 37.4 Å². The summed E-state index contributed by atoms with van der Waals surface area (Å²) in [6.45, 7) is 4.48. The number of fused-ring (bicyclic) bond motifs is 1. The van der Waals surface area contributed by atoms with E-state index in [0.29, 0.717) is 12.2 Å². The number of ether oxygens (including phenoxy) is 1. The lowest BCUT2D eigenvalue weighted by molar-refractivity contribution is 0.155. The van der Waals surface area contributed by atoms with E-state index in [1.54, 1.807) is 18.7 Å². The second kappa shape index (κ2) is 7.43. The first kappa shape index (κ1) is 18.4. The number of hydrogen-bond donors (Lipinski definition) is 1. The SMILES string of the molecule is CCC(COC)n1c(-c2cc(C)c(=O)n(C)c2)nc2cc(CO)ccc21. The number of aryl methyl sites for hydroxylation is 2. The third kappa shape index (κ3) is 3.18. The van der Waals surface area contributed by atoms with E-state index >= 15 is 0 Å². The van der Waals surface area contributed by atoms with E-state index in [-0.39, 0.29) is 18.2 Å². The van der Waals surface area contributed by atoms with Crippen LogP contribution in [0.5, 0.6) is 0 Å². The molecule has 3 aromatic rings. The Morgan fingerprint density at radius 3 is 2.69 bits per heavy atom. The second-order valence-corrected chi connectivity index (χ2v) is 6.63. The van der Waals surface area contributed by atoms with Crippen LogP contribution in [0, 0.1) is 6.92 Å². The molecule has 0 saturated carbocycles. The third-order valence-electron chi connectivity index (χ3n) is 4.75. The smallest absolute Gasteiger partial charge is 0.253 e. The van der Waals surface area contributed by atoms with Gasteiger partial charge >= 0.3 is 0 Å². The number of benzene rings is 1. The lowest BCUT2D eigenvalue weighted by Crippen LogP contribution is -2.20. The molecule has 0 saturated heterocycles. The van der Waals surface area contributed by atoms with Crippen molar-refractivity contribution in [1.29, 1.82) is 0 Å². The Morgan fingerprint density at radius 2 is 2.08 bits per heavy atom. The van der Waals surface area contributed by atoms with Crippen LogP contribution in [0.3, 0.4) is 0 Å². The highest BCUT2D eigenvalue weighted by Gasteiger charge is 2.20. The molecule has 0 aliphatic rings. The quantitative estimate of drug-likeness (QED) is 0.738. The van der Waals surface area contributed by atoms with Crippen molar-refractivity contribution >= 4 is 11.0 Å². The Morgan fingerprint density at radius 1 is 1.31 bits per heavy atom. The van der Waals surface area contributed by atoms with Crippen LogP contribution in [-0.2, 0) is 18.4 Å². The summed E-state index contributed by atoms with van der Waals surface area (Å²) < 4.78 is 9.19. The van der Waals surface area contributed by atoms with Gasteiger partial charge in [0.25, 0.3) is 5.56 Å². The predicted octanol–water partition coefficient (Wildman–Crippen LogP) is 2.80. The van der Waals surface area contributed by atoms with Gasteiger partial charge in [0, 0.05) is 31.5 Å². The molecule has 0 spiro atoms. The Balaban J connectivity index is 2.30. The molecule has 1 N–H and O–H groups in total. The molecular weight excluding hydrogens is 330 g/mol. The highest BCUT2D eigenvalue weighted by molar-refractivity contribution is 5.81. The molecule has 0 aliphatic heterocycles. The maximum atomic E-state index is 12.1. The van der Waals surface area contributed by atoms with E-state index in [1.165, 1.54) is 0 Å². The summed E-state index contributed by atoms with van der Waals surface area (Å²) in [5.74, 6) is 0.803. The average molecular weight is 355 g/mol. The molecule has 138 valence electrons. The van der Waals surface area contributed by atoms with Crippen molar-refractivity contribution in [3.8, 4) is 11.4 Å². The van der Waals surface area contributed by atoms with E-state index in [0.717, 1.165) is 34.4 Å². The topological polar surface area (TPSA) is 69.3 Å². The second-order valence-electron chi connectivity index (χ2n) is 6.63. The number of imidazole rings is 1. The fourth-order valence-corrected chi connectivity index (χ4v) is 3.38. The van der Waals surface area contributed by atoms with E-state index < -0.39 is 0 Å². The van der Waals surface area contributed by atoms with Crippen LogP contribution < -0.4 is 5.56 Å². The number of aliphatic hydroxyl groups is 1. The molecule has 26 heavy (non-hydrogen) atoms. The van der Waals surface area contributed by atoms with Gasteiger partial charge in [0.1, 0.15) is 5.82 Å². The van der Waals surface area contributed by atoms with Gasteiger partial charge < -0.3 is 19.0 Å². The largest absolute Gasteiger partial charge is 0.392 e. The minimum absolute atomic E-state index is 0.0112. The molecule has 2 aromatic heterocycles. The summed E-state index contributed by atoms with van der Waals surface area (Å²) in [6.07, 6.45) is 2.71. The standard InChI is InChI=1S/C20H25N3O3/c1-5-16(12-26-4)23-18-7-6-14(11-24)9-17(18)21-19(23)15-8-13(2)20(25)22(3)10-15/h6-10,16,24H,5,11-12H2,1-4H3. The zero-order valence-electron chi connectivity index (χ0n) is 15.7. The van der Waals surface area contributed by atoms with Crippen LogP contribution in [0.4, 0.5) is 0 Å². The first-order valence-electron chi connectivity index (χ1n) is 8.78. The lowest BCUT2D eigenvalue weighted by Gasteiger charge is -2.20. The Hall–Kier alpha value is -2.44. The van der Waals surface area contributed by atoms with Crippen molar-refractivity contribution in [2.24, 2.45) is 7.05 Å². The molecule has 0 aliphatic carbocycles. The molecule has 6 heteroatoms.